The van der Waals surface area contributed by atoms with Crippen molar-refractivity contribution in [3.8, 4) is 10.8 Å². The maximum absolute atomic E-state index is 5.92. The number of thiophene rings is 1. The van der Waals surface area contributed by atoms with E-state index in [4.69, 9.17) is 9.15 Å². The molecule has 30 heavy (non-hydrogen) atoms. The predicted molar refractivity (Wildman–Crippen MR) is 133 cm³/mol. The van der Waals surface area contributed by atoms with Crippen molar-refractivity contribution in [1.82, 2.24) is 15.6 Å². The van der Waals surface area contributed by atoms with Gasteiger partial charge < -0.3 is 19.8 Å². The average Bonchev–Trinajstić information content (AvgIpc) is 3.44. The number of hydrogen-bond acceptors (Lipinski definition) is 5. The molecule has 2 heterocycles. The van der Waals surface area contributed by atoms with Crippen LogP contribution in [0.1, 0.15) is 37.6 Å². The van der Waals surface area contributed by atoms with Gasteiger partial charge in [-0.15, -0.1) is 35.3 Å². The zero-order valence-electron chi connectivity index (χ0n) is 17.3. The van der Waals surface area contributed by atoms with Gasteiger partial charge in [-0.25, -0.2) is 9.98 Å². The smallest absolute Gasteiger partial charge is 0.236 e. The number of aromatic nitrogens is 1. The topological polar surface area (TPSA) is 71.7 Å². The molecule has 6 nitrogen and oxygen atoms in total. The first-order valence-electron chi connectivity index (χ1n) is 9.93. The lowest BCUT2D eigenvalue weighted by atomic mass is 10.1. The molecule has 2 aromatic heterocycles. The maximum Gasteiger partial charge on any atom is 0.236 e. The minimum Gasteiger partial charge on any atom is -0.443 e. The minimum absolute atomic E-state index is 0. The van der Waals surface area contributed by atoms with Gasteiger partial charge in [0.2, 0.25) is 5.89 Å². The van der Waals surface area contributed by atoms with E-state index in [1.807, 2.05) is 42.6 Å². The van der Waals surface area contributed by atoms with E-state index in [0.717, 1.165) is 36.0 Å². The van der Waals surface area contributed by atoms with E-state index in [-0.39, 0.29) is 30.1 Å². The molecule has 2 N–H and O–H groups in total. The van der Waals surface area contributed by atoms with Crippen molar-refractivity contribution < 1.29 is 9.15 Å². The lowest BCUT2D eigenvalue weighted by Crippen LogP contribution is -2.38. The summed E-state index contributed by atoms with van der Waals surface area (Å²) in [4.78, 5) is 10.1. The molecule has 0 aliphatic rings. The standard InChI is InChI=1S/C22H28N4O2S.HI/c1-3-23-22(24-12-8-13-27-17(2)18-9-5-4-6-10-18)25-15-19-16-28-21(26-19)20-11-7-14-29-20;/h4-7,9-11,14,16-17H,3,8,12-13,15H2,1-2H3,(H2,23,24,25);1H. The summed E-state index contributed by atoms with van der Waals surface area (Å²) in [6.07, 6.45) is 2.66. The largest absolute Gasteiger partial charge is 0.443 e. The van der Waals surface area contributed by atoms with E-state index in [2.05, 4.69) is 39.7 Å². The predicted octanol–water partition coefficient (Wildman–Crippen LogP) is 5.24. The van der Waals surface area contributed by atoms with E-state index in [0.29, 0.717) is 19.0 Å². The highest BCUT2D eigenvalue weighted by Crippen LogP contribution is 2.23. The number of guanidine groups is 1. The van der Waals surface area contributed by atoms with Crippen LogP contribution in [0.2, 0.25) is 0 Å². The van der Waals surface area contributed by atoms with E-state index >= 15 is 0 Å². The number of rotatable bonds is 10. The second-order valence-corrected chi connectivity index (χ2v) is 7.47. The third-order valence-corrected chi connectivity index (χ3v) is 5.14. The Hall–Kier alpha value is -1.91. The Balaban J connectivity index is 0.00000320. The van der Waals surface area contributed by atoms with Gasteiger partial charge in [-0.2, -0.15) is 0 Å². The zero-order chi connectivity index (χ0) is 20.3. The average molecular weight is 540 g/mol. The summed E-state index contributed by atoms with van der Waals surface area (Å²) in [7, 11) is 0. The van der Waals surface area contributed by atoms with E-state index < -0.39 is 0 Å². The first kappa shape index (κ1) is 24.4. The van der Waals surface area contributed by atoms with Gasteiger partial charge >= 0.3 is 0 Å². The first-order chi connectivity index (χ1) is 14.3. The van der Waals surface area contributed by atoms with Gasteiger partial charge in [0.1, 0.15) is 12.0 Å². The molecule has 0 aliphatic heterocycles. The zero-order valence-corrected chi connectivity index (χ0v) is 20.5. The Morgan fingerprint density at radius 3 is 2.77 bits per heavy atom. The Labute approximate surface area is 199 Å². The van der Waals surface area contributed by atoms with Crippen LogP contribution in [0, 0.1) is 0 Å². The summed E-state index contributed by atoms with van der Waals surface area (Å²) >= 11 is 1.61. The highest BCUT2D eigenvalue weighted by molar-refractivity contribution is 14.0. The number of nitrogens with zero attached hydrogens (tertiary/aromatic N) is 2. The van der Waals surface area contributed by atoms with Crippen LogP contribution in [0.15, 0.2) is 63.5 Å². The number of aliphatic imine (C=N–C) groups is 1. The molecule has 1 atom stereocenters. The molecule has 0 radical (unpaired) electrons. The summed E-state index contributed by atoms with van der Waals surface area (Å²) in [5.41, 5.74) is 2.01. The van der Waals surface area contributed by atoms with Crippen LogP contribution in [0.3, 0.4) is 0 Å². The maximum atomic E-state index is 5.92. The highest BCUT2D eigenvalue weighted by Gasteiger charge is 2.08. The Morgan fingerprint density at radius 2 is 2.03 bits per heavy atom. The summed E-state index contributed by atoms with van der Waals surface area (Å²) in [6, 6.07) is 14.3. The first-order valence-corrected chi connectivity index (χ1v) is 10.8. The lowest BCUT2D eigenvalue weighted by molar-refractivity contribution is 0.0646. The molecule has 0 aliphatic carbocycles. The normalized spacial score (nSPS) is 12.3. The fraction of sp³-hybridized carbons (Fsp3) is 0.364. The van der Waals surface area contributed by atoms with Crippen LogP contribution < -0.4 is 10.6 Å². The van der Waals surface area contributed by atoms with Crippen molar-refractivity contribution >= 4 is 41.3 Å². The van der Waals surface area contributed by atoms with Gasteiger partial charge in [0, 0.05) is 19.7 Å². The van der Waals surface area contributed by atoms with Crippen molar-refractivity contribution in [3.05, 3.63) is 65.4 Å². The van der Waals surface area contributed by atoms with Gasteiger partial charge in [0.25, 0.3) is 0 Å². The van der Waals surface area contributed by atoms with Crippen molar-refractivity contribution in [2.45, 2.75) is 32.9 Å². The SMILES string of the molecule is CCNC(=NCc1coc(-c2cccs2)n1)NCCCOC(C)c1ccccc1.I. The van der Waals surface area contributed by atoms with Crippen LogP contribution in [-0.2, 0) is 11.3 Å². The fourth-order valence-corrected chi connectivity index (χ4v) is 3.41. The molecule has 0 amide bonds. The number of nitrogens with one attached hydrogen (secondary N) is 2. The Bertz CT molecular complexity index is 868. The third-order valence-electron chi connectivity index (χ3n) is 4.28. The summed E-state index contributed by atoms with van der Waals surface area (Å²) in [5.74, 6) is 1.41. The number of halogens is 1. The lowest BCUT2D eigenvalue weighted by Gasteiger charge is -2.14. The van der Waals surface area contributed by atoms with Crippen molar-refractivity contribution in [1.29, 1.82) is 0 Å². The molecule has 0 fully saturated rings. The Kier molecular flexibility index (Phi) is 10.9. The minimum atomic E-state index is 0. The molecule has 1 unspecified atom stereocenters. The van der Waals surface area contributed by atoms with Gasteiger partial charge in [0.15, 0.2) is 5.96 Å². The second kappa shape index (κ2) is 13.4. The molecule has 1 aromatic carbocycles. The van der Waals surface area contributed by atoms with Crippen LogP contribution in [-0.4, -0.2) is 30.6 Å². The van der Waals surface area contributed by atoms with Crippen LogP contribution in [0.4, 0.5) is 0 Å². The van der Waals surface area contributed by atoms with E-state index in [1.165, 1.54) is 5.56 Å². The molecule has 8 heteroatoms. The molecule has 162 valence electrons. The molecule has 0 bridgehead atoms. The van der Waals surface area contributed by atoms with Gasteiger partial charge in [-0.3, -0.25) is 0 Å². The van der Waals surface area contributed by atoms with Gasteiger partial charge in [-0.1, -0.05) is 36.4 Å². The summed E-state index contributed by atoms with van der Waals surface area (Å²) < 4.78 is 11.5. The number of ether oxygens (including phenoxy) is 1. The van der Waals surface area contributed by atoms with Crippen molar-refractivity contribution in [2.75, 3.05) is 19.7 Å². The van der Waals surface area contributed by atoms with Crippen LogP contribution in [0.5, 0.6) is 0 Å². The molecule has 0 saturated carbocycles. The summed E-state index contributed by atoms with van der Waals surface area (Å²) in [6.45, 7) is 6.87. The van der Waals surface area contributed by atoms with Gasteiger partial charge in [-0.05, 0) is 37.3 Å². The number of oxazole rings is 1. The van der Waals surface area contributed by atoms with Crippen molar-refractivity contribution in [3.63, 3.8) is 0 Å². The third kappa shape index (κ3) is 7.73. The number of benzene rings is 1. The fourth-order valence-electron chi connectivity index (χ4n) is 2.75. The van der Waals surface area contributed by atoms with Gasteiger partial charge in [0.05, 0.1) is 17.5 Å². The molecular weight excluding hydrogens is 511 g/mol. The van der Waals surface area contributed by atoms with Crippen molar-refractivity contribution in [2.24, 2.45) is 4.99 Å². The van der Waals surface area contributed by atoms with Crippen LogP contribution >= 0.6 is 35.3 Å². The quantitative estimate of drug-likeness (QED) is 0.159. The monoisotopic (exact) mass is 540 g/mol. The van der Waals surface area contributed by atoms with Crippen LogP contribution in [0.25, 0.3) is 10.8 Å². The van der Waals surface area contributed by atoms with E-state index in [9.17, 15) is 0 Å². The highest BCUT2D eigenvalue weighted by atomic mass is 127. The molecular formula is C22H29IN4O2S. The molecule has 0 spiro atoms. The summed E-state index contributed by atoms with van der Waals surface area (Å²) in [5, 5.41) is 8.60. The molecule has 0 saturated heterocycles. The second-order valence-electron chi connectivity index (χ2n) is 6.52. The number of hydrogen-bond donors (Lipinski definition) is 2. The van der Waals surface area contributed by atoms with E-state index in [1.54, 1.807) is 17.6 Å². The molecule has 3 aromatic rings. The molecule has 3 rings (SSSR count). The Morgan fingerprint density at radius 1 is 1.20 bits per heavy atom.